The van der Waals surface area contributed by atoms with E-state index < -0.39 is 23.3 Å². The molecule has 278 valence electrons. The summed E-state index contributed by atoms with van der Waals surface area (Å²) in [6.07, 6.45) is 2.53. The predicted octanol–water partition coefficient (Wildman–Crippen LogP) is 8.07. The van der Waals surface area contributed by atoms with Crippen LogP contribution in [0.25, 0.3) is 34.3 Å². The molecule has 0 saturated heterocycles. The van der Waals surface area contributed by atoms with Gasteiger partial charge in [-0.3, -0.25) is 8.80 Å². The van der Waals surface area contributed by atoms with Gasteiger partial charge in [-0.25, -0.2) is 38.7 Å². The average Bonchev–Trinajstić information content (AvgIpc) is 3.67. The smallest absolute Gasteiger partial charge is 0.207 e. The number of fused-ring (bicyclic) bond motifs is 2. The summed E-state index contributed by atoms with van der Waals surface area (Å²) in [5, 5.41) is 6.28. The maximum absolute atomic E-state index is 14.5. The normalized spacial score (nSPS) is 11.1. The van der Waals surface area contributed by atoms with Crippen molar-refractivity contribution in [1.82, 2.24) is 38.7 Å². The lowest BCUT2D eigenvalue weighted by Gasteiger charge is -2.11. The Kier molecular flexibility index (Phi) is 9.77. The van der Waals surface area contributed by atoms with Crippen molar-refractivity contribution in [3.8, 4) is 28.8 Å². The number of ether oxygens (including phenoxy) is 1. The number of pyridine rings is 2. The lowest BCUT2D eigenvalue weighted by atomic mass is 10.3. The number of nitrogen functional groups attached to an aromatic ring is 2. The van der Waals surface area contributed by atoms with Crippen LogP contribution in [-0.4, -0.2) is 45.8 Å². The number of nitrogens with one attached hydrogen (secondary N) is 2. The molecule has 0 aliphatic heterocycles. The lowest BCUT2D eigenvalue weighted by molar-refractivity contribution is 0.415. The first kappa shape index (κ1) is 36.4. The van der Waals surface area contributed by atoms with Gasteiger partial charge in [-0.15, -0.1) is 0 Å². The molecule has 6 heterocycles. The van der Waals surface area contributed by atoms with Gasteiger partial charge < -0.3 is 26.8 Å². The monoisotopic (exact) mass is 768 g/mol. The molecule has 0 amide bonds. The minimum atomic E-state index is -0.786. The third-order valence-electron chi connectivity index (χ3n) is 8.15. The number of aryl methyl sites for hydroxylation is 2. The van der Waals surface area contributed by atoms with E-state index in [1.807, 2.05) is 0 Å². The Labute approximate surface area is 314 Å². The SMILES string of the molecule is COc1ccc(Nc2nc(-c3c(C)nc4ccc(F)cn34)nc(N)c2F)cc1.Cc1nc2ccc(F)cn2c1-c1nc(N)c(F)c(Nc2ccc(Cl)cc2)n1. The Hall–Kier alpha value is -7.01. The molecule has 55 heavy (non-hydrogen) atoms. The predicted molar refractivity (Wildman–Crippen MR) is 202 cm³/mol. The van der Waals surface area contributed by atoms with Gasteiger partial charge >= 0.3 is 0 Å². The molecule has 0 radical (unpaired) electrons. The molecule has 6 N–H and O–H groups in total. The first-order chi connectivity index (χ1) is 26.4. The van der Waals surface area contributed by atoms with Crippen molar-refractivity contribution in [3.05, 3.63) is 125 Å². The van der Waals surface area contributed by atoms with Crippen molar-refractivity contribution in [2.45, 2.75) is 13.8 Å². The van der Waals surface area contributed by atoms with E-state index in [0.717, 1.165) is 0 Å². The number of anilines is 6. The van der Waals surface area contributed by atoms with Crippen LogP contribution in [0, 0.1) is 37.1 Å². The number of rotatable bonds is 7. The van der Waals surface area contributed by atoms with Crippen LogP contribution in [0.5, 0.6) is 5.75 Å². The Balaban J connectivity index is 0.000000169. The van der Waals surface area contributed by atoms with Gasteiger partial charge in [0.05, 0.1) is 18.5 Å². The lowest BCUT2D eigenvalue weighted by Crippen LogP contribution is -2.07. The Morgan fingerprint density at radius 1 is 0.582 bits per heavy atom. The molecule has 2 aromatic carbocycles. The maximum Gasteiger partial charge on any atom is 0.207 e. The van der Waals surface area contributed by atoms with Crippen molar-refractivity contribution in [3.63, 3.8) is 0 Å². The van der Waals surface area contributed by atoms with E-state index in [1.54, 1.807) is 69.5 Å². The Morgan fingerprint density at radius 3 is 1.42 bits per heavy atom. The summed E-state index contributed by atoms with van der Waals surface area (Å²) in [4.78, 5) is 25.3. The summed E-state index contributed by atoms with van der Waals surface area (Å²) in [5.41, 5.74) is 15.7. The number of nitrogens with two attached hydrogens (primary N) is 2. The number of methoxy groups -OCH3 is 1. The van der Waals surface area contributed by atoms with Crippen LogP contribution in [0.2, 0.25) is 5.02 Å². The molecule has 0 saturated carbocycles. The third-order valence-corrected chi connectivity index (χ3v) is 8.40. The molecule has 13 nitrogen and oxygen atoms in total. The number of hydrogen-bond acceptors (Lipinski definition) is 11. The molecule has 0 bridgehead atoms. The topological polar surface area (TPSA) is 171 Å². The van der Waals surface area contributed by atoms with Crippen LogP contribution >= 0.6 is 11.6 Å². The largest absolute Gasteiger partial charge is 0.497 e. The van der Waals surface area contributed by atoms with Crippen LogP contribution < -0.4 is 26.8 Å². The number of benzene rings is 2. The van der Waals surface area contributed by atoms with Crippen molar-refractivity contribution in [2.24, 2.45) is 0 Å². The molecule has 8 aromatic rings. The molecule has 8 rings (SSSR count). The van der Waals surface area contributed by atoms with Crippen molar-refractivity contribution < 1.29 is 22.3 Å². The number of aromatic nitrogens is 8. The van der Waals surface area contributed by atoms with Gasteiger partial charge in [0.2, 0.25) is 11.6 Å². The zero-order valence-electron chi connectivity index (χ0n) is 29.1. The summed E-state index contributed by atoms with van der Waals surface area (Å²) >= 11 is 5.86. The molecule has 0 fully saturated rings. The van der Waals surface area contributed by atoms with E-state index in [0.29, 0.717) is 56.2 Å². The zero-order chi connectivity index (χ0) is 39.0. The standard InChI is InChI=1S/C19H16F2N6O.C18H13ClF2N6/c1-10-16(27-9-11(20)3-8-14(27)23-10)19-25-17(22)15(21)18(26-19)24-12-4-6-13(28-2)7-5-12;1-9-15(27-8-11(20)4-7-13(27)23-9)18-25-16(22)14(21)17(26-18)24-12-5-2-10(19)3-6-12/h3-9H,1-2H3,(H3,22,24,25,26);2-8H,1H3,(H3,22,24,25,26). The molecule has 0 spiro atoms. The summed E-state index contributed by atoms with van der Waals surface area (Å²) in [6.45, 7) is 3.47. The highest BCUT2D eigenvalue weighted by Crippen LogP contribution is 2.30. The summed E-state index contributed by atoms with van der Waals surface area (Å²) in [5.74, 6) is -2.40. The molecule has 0 atom stereocenters. The Morgan fingerprint density at radius 2 is 1.00 bits per heavy atom. The average molecular weight is 769 g/mol. The van der Waals surface area contributed by atoms with Crippen molar-refractivity contribution >= 4 is 57.5 Å². The Bertz CT molecular complexity index is 2700. The molecule has 0 aliphatic carbocycles. The van der Waals surface area contributed by atoms with E-state index in [4.69, 9.17) is 27.8 Å². The van der Waals surface area contributed by atoms with Crippen LogP contribution in [0.1, 0.15) is 11.4 Å². The molecular formula is C37H29ClF4N12O. The van der Waals surface area contributed by atoms with E-state index >= 15 is 0 Å². The quantitative estimate of drug-likeness (QED) is 0.116. The summed E-state index contributed by atoms with van der Waals surface area (Å²) in [6, 6.07) is 19.2. The second kappa shape index (κ2) is 14.8. The minimum Gasteiger partial charge on any atom is -0.497 e. The highest BCUT2D eigenvalue weighted by atomic mass is 35.5. The number of nitrogens with zero attached hydrogens (tertiary/aromatic N) is 8. The number of hydrogen-bond donors (Lipinski definition) is 4. The maximum atomic E-state index is 14.5. The number of halogens is 5. The molecule has 0 unspecified atom stereocenters. The van der Waals surface area contributed by atoms with Gasteiger partial charge in [-0.05, 0) is 86.6 Å². The van der Waals surface area contributed by atoms with E-state index in [-0.39, 0.29) is 34.9 Å². The fourth-order valence-electron chi connectivity index (χ4n) is 5.60. The van der Waals surface area contributed by atoms with Crippen LogP contribution in [-0.2, 0) is 0 Å². The van der Waals surface area contributed by atoms with Gasteiger partial charge in [-0.2, -0.15) is 8.78 Å². The zero-order valence-corrected chi connectivity index (χ0v) is 29.9. The summed E-state index contributed by atoms with van der Waals surface area (Å²) < 4.78 is 64.5. The first-order valence-electron chi connectivity index (χ1n) is 16.3. The van der Waals surface area contributed by atoms with Gasteiger partial charge in [0, 0.05) is 28.8 Å². The van der Waals surface area contributed by atoms with E-state index in [1.165, 1.54) is 45.5 Å². The fraction of sp³-hybridized carbons (Fsp3) is 0.0811. The molecule has 18 heteroatoms. The third kappa shape index (κ3) is 7.45. The van der Waals surface area contributed by atoms with Crippen LogP contribution in [0.4, 0.5) is 52.2 Å². The highest BCUT2D eigenvalue weighted by molar-refractivity contribution is 6.30. The van der Waals surface area contributed by atoms with Gasteiger partial charge in [0.1, 0.15) is 40.1 Å². The van der Waals surface area contributed by atoms with Crippen molar-refractivity contribution in [1.29, 1.82) is 0 Å². The first-order valence-corrected chi connectivity index (χ1v) is 16.6. The van der Waals surface area contributed by atoms with E-state index in [9.17, 15) is 17.6 Å². The molecule has 0 aliphatic rings. The second-order valence-electron chi connectivity index (χ2n) is 11.9. The van der Waals surface area contributed by atoms with Gasteiger partial charge in [-0.1, -0.05) is 11.6 Å². The second-order valence-corrected chi connectivity index (χ2v) is 12.4. The van der Waals surface area contributed by atoms with E-state index in [2.05, 4.69) is 40.5 Å². The van der Waals surface area contributed by atoms with Gasteiger partial charge in [0.15, 0.2) is 34.9 Å². The fourth-order valence-corrected chi connectivity index (χ4v) is 5.73. The van der Waals surface area contributed by atoms with Crippen LogP contribution in [0.15, 0.2) is 85.2 Å². The van der Waals surface area contributed by atoms with Gasteiger partial charge in [0.25, 0.3) is 0 Å². The molecule has 6 aromatic heterocycles. The highest BCUT2D eigenvalue weighted by Gasteiger charge is 2.21. The van der Waals surface area contributed by atoms with Crippen molar-refractivity contribution in [2.75, 3.05) is 29.2 Å². The van der Waals surface area contributed by atoms with Crippen LogP contribution in [0.3, 0.4) is 0 Å². The number of imidazole rings is 2. The minimum absolute atomic E-state index is 0.0987. The summed E-state index contributed by atoms with van der Waals surface area (Å²) in [7, 11) is 1.56. The molecular weight excluding hydrogens is 740 g/mol.